The van der Waals surface area contributed by atoms with Gasteiger partial charge in [-0.05, 0) is 49.2 Å². The lowest BCUT2D eigenvalue weighted by atomic mass is 9.96. The fraction of sp³-hybridized carbons (Fsp3) is 0.364. The second-order valence-corrected chi connectivity index (χ2v) is 7.98. The summed E-state index contributed by atoms with van der Waals surface area (Å²) in [4.78, 5) is 28.1. The van der Waals surface area contributed by atoms with E-state index in [4.69, 9.17) is 4.74 Å². The molecule has 3 rings (SSSR count). The first kappa shape index (κ1) is 20.3. The molecule has 148 valence electrons. The van der Waals surface area contributed by atoms with Crippen LogP contribution in [0.5, 0.6) is 5.75 Å². The van der Waals surface area contributed by atoms with Crippen molar-refractivity contribution in [1.82, 2.24) is 4.90 Å². The highest BCUT2D eigenvalue weighted by Crippen LogP contribution is 2.23. The number of amides is 2. The third-order valence-corrected chi connectivity index (χ3v) is 5.84. The lowest BCUT2D eigenvalue weighted by molar-refractivity contribution is -0.134. The van der Waals surface area contributed by atoms with Gasteiger partial charge in [-0.2, -0.15) is 0 Å². The van der Waals surface area contributed by atoms with E-state index in [0.29, 0.717) is 13.0 Å². The van der Waals surface area contributed by atoms with Crippen molar-refractivity contribution in [3.63, 3.8) is 0 Å². The second kappa shape index (κ2) is 10.2. The SMILES string of the molecule is COc1ccc(SCCC(=O)N2CCCC(C(=O)Nc3ccccc3)C2)cc1. The maximum atomic E-state index is 12.6. The molecule has 1 heterocycles. The first-order valence-corrected chi connectivity index (χ1v) is 10.5. The molecule has 6 heteroatoms. The Morgan fingerprint density at radius 3 is 2.61 bits per heavy atom. The molecule has 0 saturated carbocycles. The van der Waals surface area contributed by atoms with Gasteiger partial charge < -0.3 is 15.0 Å². The number of thioether (sulfide) groups is 1. The number of likely N-dealkylation sites (tertiary alicyclic amines) is 1. The number of benzene rings is 2. The van der Waals surface area contributed by atoms with Crippen LogP contribution in [-0.4, -0.2) is 42.7 Å². The minimum atomic E-state index is -0.146. The van der Waals surface area contributed by atoms with Crippen LogP contribution in [0.4, 0.5) is 5.69 Å². The summed E-state index contributed by atoms with van der Waals surface area (Å²) in [6.45, 7) is 1.24. The Bertz CT molecular complexity index is 780. The Morgan fingerprint density at radius 2 is 1.89 bits per heavy atom. The maximum Gasteiger partial charge on any atom is 0.229 e. The molecule has 0 aromatic heterocycles. The molecular weight excluding hydrogens is 372 g/mol. The van der Waals surface area contributed by atoms with E-state index in [1.807, 2.05) is 59.5 Å². The van der Waals surface area contributed by atoms with Crippen molar-refractivity contribution in [2.45, 2.75) is 24.2 Å². The zero-order valence-corrected chi connectivity index (χ0v) is 16.9. The van der Waals surface area contributed by atoms with Gasteiger partial charge in [-0.3, -0.25) is 9.59 Å². The van der Waals surface area contributed by atoms with E-state index < -0.39 is 0 Å². The first-order valence-electron chi connectivity index (χ1n) is 9.56. The van der Waals surface area contributed by atoms with Crippen LogP contribution in [-0.2, 0) is 9.59 Å². The first-order chi connectivity index (χ1) is 13.7. The summed E-state index contributed by atoms with van der Waals surface area (Å²) in [6.07, 6.45) is 2.16. The van der Waals surface area contributed by atoms with Crippen LogP contribution in [0.3, 0.4) is 0 Å². The zero-order valence-electron chi connectivity index (χ0n) is 16.1. The quantitative estimate of drug-likeness (QED) is 0.715. The van der Waals surface area contributed by atoms with Gasteiger partial charge in [-0.1, -0.05) is 18.2 Å². The van der Waals surface area contributed by atoms with Crippen LogP contribution < -0.4 is 10.1 Å². The highest BCUT2D eigenvalue weighted by atomic mass is 32.2. The molecule has 0 bridgehead atoms. The molecule has 0 radical (unpaired) electrons. The number of nitrogens with one attached hydrogen (secondary N) is 1. The van der Waals surface area contributed by atoms with Crippen LogP contribution in [0.25, 0.3) is 0 Å². The average molecular weight is 399 g/mol. The molecule has 0 aliphatic carbocycles. The summed E-state index contributed by atoms with van der Waals surface area (Å²) in [7, 11) is 1.65. The molecule has 1 aliphatic heterocycles. The predicted molar refractivity (Wildman–Crippen MR) is 113 cm³/mol. The van der Waals surface area contributed by atoms with Gasteiger partial charge in [0.1, 0.15) is 5.75 Å². The van der Waals surface area contributed by atoms with Crippen LogP contribution in [0.15, 0.2) is 59.5 Å². The summed E-state index contributed by atoms with van der Waals surface area (Å²) in [6, 6.07) is 17.3. The number of ether oxygens (including phenoxy) is 1. The number of carbonyl (C=O) groups excluding carboxylic acids is 2. The van der Waals surface area contributed by atoms with Crippen LogP contribution >= 0.6 is 11.8 Å². The number of hydrogen-bond acceptors (Lipinski definition) is 4. The van der Waals surface area contributed by atoms with Crippen molar-refractivity contribution < 1.29 is 14.3 Å². The zero-order chi connectivity index (χ0) is 19.8. The van der Waals surface area contributed by atoms with Gasteiger partial charge in [0.2, 0.25) is 11.8 Å². The maximum absolute atomic E-state index is 12.6. The number of para-hydroxylation sites is 1. The number of carbonyl (C=O) groups is 2. The van der Waals surface area contributed by atoms with Gasteiger partial charge in [0, 0.05) is 35.8 Å². The Labute approximate surface area is 170 Å². The van der Waals surface area contributed by atoms with Crippen molar-refractivity contribution in [3.05, 3.63) is 54.6 Å². The normalized spacial score (nSPS) is 16.5. The summed E-state index contributed by atoms with van der Waals surface area (Å²) >= 11 is 1.66. The number of methoxy groups -OCH3 is 1. The molecule has 1 N–H and O–H groups in total. The van der Waals surface area contributed by atoms with Gasteiger partial charge in [-0.15, -0.1) is 11.8 Å². The van der Waals surface area contributed by atoms with E-state index in [1.54, 1.807) is 18.9 Å². The van der Waals surface area contributed by atoms with E-state index in [-0.39, 0.29) is 17.7 Å². The van der Waals surface area contributed by atoms with Gasteiger partial charge in [0.25, 0.3) is 0 Å². The van der Waals surface area contributed by atoms with Crippen LogP contribution in [0.2, 0.25) is 0 Å². The standard InChI is InChI=1S/C22H26N2O3S/c1-27-19-9-11-20(12-10-19)28-15-13-21(25)24-14-5-6-17(16-24)22(26)23-18-7-3-2-4-8-18/h2-4,7-12,17H,5-6,13-16H2,1H3,(H,23,26). The predicted octanol–water partition coefficient (Wildman–Crippen LogP) is 4.05. The molecule has 1 fully saturated rings. The van der Waals surface area contributed by atoms with Crippen molar-refractivity contribution in [3.8, 4) is 5.75 Å². The molecule has 2 aromatic carbocycles. The number of nitrogens with zero attached hydrogens (tertiary/aromatic N) is 1. The summed E-state index contributed by atoms with van der Waals surface area (Å²) < 4.78 is 5.16. The van der Waals surface area contributed by atoms with Gasteiger partial charge in [0.05, 0.1) is 13.0 Å². The highest BCUT2D eigenvalue weighted by molar-refractivity contribution is 7.99. The van der Waals surface area contributed by atoms with Gasteiger partial charge >= 0.3 is 0 Å². The molecule has 1 atom stereocenters. The Balaban J connectivity index is 1.45. The lowest BCUT2D eigenvalue weighted by Gasteiger charge is -2.32. The van der Waals surface area contributed by atoms with Crippen LogP contribution in [0.1, 0.15) is 19.3 Å². The topological polar surface area (TPSA) is 58.6 Å². The third kappa shape index (κ3) is 5.76. The number of anilines is 1. The van der Waals surface area contributed by atoms with Crippen molar-refractivity contribution >= 4 is 29.3 Å². The molecular formula is C22H26N2O3S. The smallest absolute Gasteiger partial charge is 0.229 e. The Hall–Kier alpha value is -2.47. The average Bonchev–Trinajstić information content (AvgIpc) is 2.75. The molecule has 1 saturated heterocycles. The number of rotatable bonds is 7. The molecule has 2 aromatic rings. The summed E-state index contributed by atoms with van der Waals surface area (Å²) in [5, 5.41) is 2.95. The van der Waals surface area contributed by atoms with E-state index >= 15 is 0 Å². The molecule has 28 heavy (non-hydrogen) atoms. The van der Waals surface area contributed by atoms with Crippen molar-refractivity contribution in [2.75, 3.05) is 31.3 Å². The second-order valence-electron chi connectivity index (χ2n) is 6.81. The lowest BCUT2D eigenvalue weighted by Crippen LogP contribution is -2.43. The van der Waals surface area contributed by atoms with Gasteiger partial charge in [0.15, 0.2) is 0 Å². The summed E-state index contributed by atoms with van der Waals surface area (Å²) in [5.74, 6) is 1.53. The van der Waals surface area contributed by atoms with Crippen LogP contribution in [0, 0.1) is 5.92 Å². The third-order valence-electron chi connectivity index (χ3n) is 4.83. The Morgan fingerprint density at radius 1 is 1.14 bits per heavy atom. The molecule has 0 spiro atoms. The fourth-order valence-electron chi connectivity index (χ4n) is 3.27. The van der Waals surface area contributed by atoms with Crippen molar-refractivity contribution in [2.24, 2.45) is 5.92 Å². The van der Waals surface area contributed by atoms with E-state index in [0.717, 1.165) is 41.5 Å². The van der Waals surface area contributed by atoms with Gasteiger partial charge in [-0.25, -0.2) is 0 Å². The molecule has 5 nitrogen and oxygen atoms in total. The summed E-state index contributed by atoms with van der Waals surface area (Å²) in [5.41, 5.74) is 0.798. The Kier molecular flexibility index (Phi) is 7.37. The number of piperidine rings is 1. The molecule has 2 amide bonds. The van der Waals surface area contributed by atoms with E-state index in [9.17, 15) is 9.59 Å². The monoisotopic (exact) mass is 398 g/mol. The minimum Gasteiger partial charge on any atom is -0.497 e. The highest BCUT2D eigenvalue weighted by Gasteiger charge is 2.28. The largest absolute Gasteiger partial charge is 0.497 e. The van der Waals surface area contributed by atoms with Crippen molar-refractivity contribution in [1.29, 1.82) is 0 Å². The fourth-order valence-corrected chi connectivity index (χ4v) is 4.11. The minimum absolute atomic E-state index is 0.00342. The van der Waals surface area contributed by atoms with E-state index in [2.05, 4.69) is 5.32 Å². The molecule has 1 unspecified atom stereocenters. The van der Waals surface area contributed by atoms with E-state index in [1.165, 1.54) is 0 Å². The molecule has 1 aliphatic rings. The number of hydrogen-bond donors (Lipinski definition) is 1.